The van der Waals surface area contributed by atoms with Crippen LogP contribution in [0.25, 0.3) is 0 Å². The Balaban J connectivity index is 1.57. The Kier molecular flexibility index (Phi) is 10.1. The number of benzene rings is 3. The molecular formula is C26H22BrF3N4O6. The number of amides is 3. The number of carbonyl (C=O) groups excluding carboxylic acids is 3. The van der Waals surface area contributed by atoms with Crippen LogP contribution in [0.4, 0.5) is 24.5 Å². The highest BCUT2D eigenvalue weighted by Crippen LogP contribution is 2.36. The van der Waals surface area contributed by atoms with E-state index >= 15 is 0 Å². The lowest BCUT2D eigenvalue weighted by atomic mass is 10.2. The summed E-state index contributed by atoms with van der Waals surface area (Å²) in [6.45, 7) is -0.530. The molecule has 0 heterocycles. The van der Waals surface area contributed by atoms with Crippen molar-refractivity contribution < 1.29 is 41.8 Å². The molecule has 0 saturated carbocycles. The zero-order valence-corrected chi connectivity index (χ0v) is 22.6. The first kappa shape index (κ1) is 30.0. The van der Waals surface area contributed by atoms with Gasteiger partial charge in [0.1, 0.15) is 5.75 Å². The van der Waals surface area contributed by atoms with Gasteiger partial charge < -0.3 is 24.8 Å². The number of ether oxygens (including phenoxy) is 3. The van der Waals surface area contributed by atoms with Gasteiger partial charge in [-0.05, 0) is 76.1 Å². The first-order valence-electron chi connectivity index (χ1n) is 11.3. The largest absolute Gasteiger partial charge is 0.497 e. The number of carbonyl (C=O) groups is 3. The highest BCUT2D eigenvalue weighted by molar-refractivity contribution is 9.10. The van der Waals surface area contributed by atoms with E-state index in [2.05, 4.69) is 37.1 Å². The fourth-order valence-electron chi connectivity index (χ4n) is 3.14. The van der Waals surface area contributed by atoms with Gasteiger partial charge in [0.25, 0.3) is 5.91 Å². The van der Waals surface area contributed by atoms with Crippen molar-refractivity contribution in [3.63, 3.8) is 0 Å². The van der Waals surface area contributed by atoms with Crippen LogP contribution < -0.4 is 30.3 Å². The minimum Gasteiger partial charge on any atom is -0.497 e. The smallest absolute Gasteiger partial charge is 0.416 e. The van der Waals surface area contributed by atoms with Crippen LogP contribution >= 0.6 is 15.9 Å². The third-order valence-electron chi connectivity index (χ3n) is 5.01. The number of halogens is 4. The standard InChI is InChI=1S/C26H22BrF3N4O6/c1-38-19-8-6-17(7-9-19)33-24(36)25(37)34-31-13-15-10-20(27)23(21(11-15)39-2)40-14-22(35)32-18-5-3-4-16(12-18)26(28,29)30/h3-13H,14H2,1-2H3,(H,32,35)(H,33,36)(H,34,37)/b31-13-. The normalized spacial score (nSPS) is 11.1. The lowest BCUT2D eigenvalue weighted by Gasteiger charge is -2.14. The summed E-state index contributed by atoms with van der Waals surface area (Å²) in [4.78, 5) is 36.4. The molecule has 0 bridgehead atoms. The van der Waals surface area contributed by atoms with Crippen molar-refractivity contribution in [1.29, 1.82) is 0 Å². The van der Waals surface area contributed by atoms with Crippen LogP contribution in [0.2, 0.25) is 0 Å². The molecule has 0 atom stereocenters. The molecular weight excluding hydrogens is 601 g/mol. The summed E-state index contributed by atoms with van der Waals surface area (Å²) in [6, 6.07) is 13.6. The Morgan fingerprint density at radius 3 is 2.30 bits per heavy atom. The summed E-state index contributed by atoms with van der Waals surface area (Å²) in [5, 5.41) is 8.51. The fraction of sp³-hybridized carbons (Fsp3) is 0.154. The van der Waals surface area contributed by atoms with Gasteiger partial charge in [0, 0.05) is 11.4 Å². The van der Waals surface area contributed by atoms with E-state index in [4.69, 9.17) is 14.2 Å². The number of hydrazone groups is 1. The molecule has 0 radical (unpaired) electrons. The number of nitrogens with one attached hydrogen (secondary N) is 3. The van der Waals surface area contributed by atoms with Crippen molar-refractivity contribution in [3.05, 3.63) is 76.3 Å². The van der Waals surface area contributed by atoms with Gasteiger partial charge in [-0.1, -0.05) is 6.07 Å². The summed E-state index contributed by atoms with van der Waals surface area (Å²) in [5.41, 5.74) is 1.98. The molecule has 10 nitrogen and oxygen atoms in total. The number of rotatable bonds is 9. The van der Waals surface area contributed by atoms with Crippen LogP contribution in [0.5, 0.6) is 17.2 Å². The van der Waals surface area contributed by atoms with Gasteiger partial charge in [0.15, 0.2) is 18.1 Å². The predicted molar refractivity (Wildman–Crippen MR) is 144 cm³/mol. The number of hydrogen-bond donors (Lipinski definition) is 3. The van der Waals surface area contributed by atoms with E-state index in [-0.39, 0.29) is 17.2 Å². The molecule has 0 fully saturated rings. The Hall–Kier alpha value is -4.59. The lowest BCUT2D eigenvalue weighted by molar-refractivity contribution is -0.137. The molecule has 0 spiro atoms. The zero-order valence-electron chi connectivity index (χ0n) is 21.0. The molecule has 3 rings (SSSR count). The van der Waals surface area contributed by atoms with Gasteiger partial charge in [-0.25, -0.2) is 5.43 Å². The second-order valence-electron chi connectivity index (χ2n) is 7.83. The predicted octanol–water partition coefficient (Wildman–Crippen LogP) is 4.59. The minimum atomic E-state index is -4.55. The second-order valence-corrected chi connectivity index (χ2v) is 8.69. The SMILES string of the molecule is COc1ccc(NC(=O)C(=O)N/N=C\c2cc(Br)c(OCC(=O)Nc3cccc(C(F)(F)F)c3)c(OC)c2)cc1. The average molecular weight is 623 g/mol. The number of hydrogen-bond acceptors (Lipinski definition) is 7. The van der Waals surface area contributed by atoms with Crippen LogP contribution in [0, 0.1) is 0 Å². The van der Waals surface area contributed by atoms with E-state index in [9.17, 15) is 27.6 Å². The van der Waals surface area contributed by atoms with Crippen molar-refractivity contribution in [2.75, 3.05) is 31.5 Å². The van der Waals surface area contributed by atoms with Gasteiger partial charge in [0.2, 0.25) is 0 Å². The van der Waals surface area contributed by atoms with Gasteiger partial charge in [-0.3, -0.25) is 14.4 Å². The maximum atomic E-state index is 12.9. The second kappa shape index (κ2) is 13.5. The van der Waals surface area contributed by atoms with Crippen molar-refractivity contribution in [2.24, 2.45) is 5.10 Å². The number of alkyl halides is 3. The third kappa shape index (κ3) is 8.46. The van der Waals surface area contributed by atoms with Crippen molar-refractivity contribution in [1.82, 2.24) is 5.43 Å². The van der Waals surface area contributed by atoms with Crippen LogP contribution in [-0.4, -0.2) is 44.8 Å². The molecule has 0 saturated heterocycles. The monoisotopic (exact) mass is 622 g/mol. The Morgan fingerprint density at radius 1 is 0.925 bits per heavy atom. The van der Waals surface area contributed by atoms with Crippen molar-refractivity contribution in [3.8, 4) is 17.2 Å². The van der Waals surface area contributed by atoms with Crippen molar-refractivity contribution >= 4 is 51.2 Å². The first-order valence-corrected chi connectivity index (χ1v) is 12.1. The fourth-order valence-corrected chi connectivity index (χ4v) is 3.72. The topological polar surface area (TPSA) is 127 Å². The molecule has 0 aromatic heterocycles. The minimum absolute atomic E-state index is 0.0410. The van der Waals surface area contributed by atoms with Gasteiger partial charge in [-0.15, -0.1) is 0 Å². The van der Waals surface area contributed by atoms with E-state index in [0.29, 0.717) is 21.5 Å². The van der Waals surface area contributed by atoms with Crippen LogP contribution in [0.1, 0.15) is 11.1 Å². The molecule has 3 aromatic carbocycles. The Morgan fingerprint density at radius 2 is 1.65 bits per heavy atom. The highest BCUT2D eigenvalue weighted by Gasteiger charge is 2.30. The maximum Gasteiger partial charge on any atom is 0.416 e. The van der Waals surface area contributed by atoms with Gasteiger partial charge in [0.05, 0.1) is 30.5 Å². The molecule has 0 unspecified atom stereocenters. The van der Waals surface area contributed by atoms with E-state index in [1.54, 1.807) is 24.3 Å². The summed E-state index contributed by atoms with van der Waals surface area (Å²) >= 11 is 3.29. The number of methoxy groups -OCH3 is 2. The molecule has 3 amide bonds. The van der Waals surface area contributed by atoms with E-state index in [0.717, 1.165) is 12.1 Å². The summed E-state index contributed by atoms with van der Waals surface area (Å²) < 4.78 is 54.8. The van der Waals surface area contributed by atoms with E-state index in [1.807, 2.05) is 0 Å². The average Bonchev–Trinajstić information content (AvgIpc) is 2.92. The molecule has 3 N–H and O–H groups in total. The lowest BCUT2D eigenvalue weighted by Crippen LogP contribution is -2.32. The van der Waals surface area contributed by atoms with E-state index in [1.165, 1.54) is 44.7 Å². The molecule has 14 heteroatoms. The summed E-state index contributed by atoms with van der Waals surface area (Å²) in [6.07, 6.45) is -3.30. The zero-order chi connectivity index (χ0) is 29.3. The number of nitrogens with zero attached hydrogens (tertiary/aromatic N) is 1. The number of anilines is 2. The molecule has 0 aliphatic heterocycles. The highest BCUT2D eigenvalue weighted by atomic mass is 79.9. The van der Waals surface area contributed by atoms with E-state index < -0.39 is 36.1 Å². The molecule has 0 aliphatic rings. The first-order chi connectivity index (χ1) is 19.0. The Bertz CT molecular complexity index is 1410. The Labute approximate surface area is 234 Å². The maximum absolute atomic E-state index is 12.9. The molecule has 0 aliphatic carbocycles. The van der Waals surface area contributed by atoms with Crippen molar-refractivity contribution in [2.45, 2.75) is 6.18 Å². The summed E-state index contributed by atoms with van der Waals surface area (Å²) in [7, 11) is 2.85. The van der Waals surface area contributed by atoms with Crippen LogP contribution in [-0.2, 0) is 20.6 Å². The molecule has 40 heavy (non-hydrogen) atoms. The third-order valence-corrected chi connectivity index (χ3v) is 5.60. The molecule has 3 aromatic rings. The van der Waals surface area contributed by atoms with Gasteiger partial charge >= 0.3 is 18.0 Å². The van der Waals surface area contributed by atoms with Crippen LogP contribution in [0.3, 0.4) is 0 Å². The quantitative estimate of drug-likeness (QED) is 0.182. The van der Waals surface area contributed by atoms with Crippen LogP contribution in [0.15, 0.2) is 70.2 Å². The summed E-state index contributed by atoms with van der Waals surface area (Å²) in [5.74, 6) is -1.73. The molecule has 210 valence electrons. The van der Waals surface area contributed by atoms with Gasteiger partial charge in [-0.2, -0.15) is 18.3 Å².